The lowest BCUT2D eigenvalue weighted by Crippen LogP contribution is -2.32. The second kappa shape index (κ2) is 12.2. The molecule has 3 N–H and O–H groups in total. The predicted molar refractivity (Wildman–Crippen MR) is 158 cm³/mol. The van der Waals surface area contributed by atoms with E-state index in [1.54, 1.807) is 29.9 Å². The van der Waals surface area contributed by atoms with Crippen molar-refractivity contribution < 1.29 is 9.59 Å². The Bertz CT molecular complexity index is 1700. The fourth-order valence-corrected chi connectivity index (χ4v) is 6.80. The number of aromatic nitrogens is 3. The van der Waals surface area contributed by atoms with E-state index in [4.69, 9.17) is 10.4 Å². The number of nitrogens with zero attached hydrogens (tertiary/aromatic N) is 3. The number of amides is 2. The summed E-state index contributed by atoms with van der Waals surface area (Å²) in [7, 11) is 1.59. The third kappa shape index (κ3) is 5.32. The second-order valence-corrected chi connectivity index (χ2v) is 11.5. The van der Waals surface area contributed by atoms with Gasteiger partial charge in [0.1, 0.15) is 21.8 Å². The maximum Gasteiger partial charge on any atom is 0.267 e. The zero-order valence-corrected chi connectivity index (χ0v) is 24.0. The molecule has 0 bridgehead atoms. The van der Waals surface area contributed by atoms with Crippen LogP contribution in [0.1, 0.15) is 89.4 Å². The Morgan fingerprint density at radius 2 is 1.85 bits per heavy atom. The van der Waals surface area contributed by atoms with Crippen LogP contribution in [0.25, 0.3) is 16.7 Å². The molecule has 0 aliphatic heterocycles. The van der Waals surface area contributed by atoms with Gasteiger partial charge in [-0.3, -0.25) is 24.2 Å². The first-order valence-corrected chi connectivity index (χ1v) is 15.0. The molecule has 0 unspecified atom stereocenters. The first-order valence-electron chi connectivity index (χ1n) is 14.2. The van der Waals surface area contributed by atoms with E-state index in [9.17, 15) is 14.4 Å². The lowest BCUT2D eigenvalue weighted by Gasteiger charge is -2.15. The summed E-state index contributed by atoms with van der Waals surface area (Å²) in [6.07, 6.45) is 11.8. The molecule has 9 nitrogen and oxygen atoms in total. The van der Waals surface area contributed by atoms with Gasteiger partial charge in [0.05, 0.1) is 16.5 Å². The van der Waals surface area contributed by atoms with Crippen LogP contribution in [-0.4, -0.2) is 32.8 Å². The number of carbonyl (C=O) groups is 2. The lowest BCUT2D eigenvalue weighted by molar-refractivity contribution is 0.0963. The van der Waals surface area contributed by atoms with Crippen molar-refractivity contribution in [1.29, 1.82) is 5.41 Å². The van der Waals surface area contributed by atoms with Crippen molar-refractivity contribution in [3.8, 4) is 0 Å². The van der Waals surface area contributed by atoms with Crippen molar-refractivity contribution in [2.45, 2.75) is 77.7 Å². The normalized spacial score (nSPS) is 12.9. The summed E-state index contributed by atoms with van der Waals surface area (Å²) in [5.41, 5.74) is 2.22. The van der Waals surface area contributed by atoms with E-state index in [0.717, 1.165) is 55.4 Å². The Balaban J connectivity index is 1.57. The highest BCUT2D eigenvalue weighted by Crippen LogP contribution is 2.38. The van der Waals surface area contributed by atoms with Crippen LogP contribution in [0.2, 0.25) is 0 Å². The topological polar surface area (TPSA) is 121 Å². The minimum Gasteiger partial charge on any atom is -0.355 e. The molecule has 4 aromatic rings. The summed E-state index contributed by atoms with van der Waals surface area (Å²) in [4.78, 5) is 45.9. The highest BCUT2D eigenvalue weighted by atomic mass is 32.1. The number of pyridine rings is 2. The molecule has 5 rings (SSSR count). The summed E-state index contributed by atoms with van der Waals surface area (Å²) >= 11 is 1.43. The molecule has 2 amide bonds. The van der Waals surface area contributed by atoms with Gasteiger partial charge in [0.2, 0.25) is 0 Å². The van der Waals surface area contributed by atoms with Gasteiger partial charge >= 0.3 is 0 Å². The molecule has 0 aromatic carbocycles. The van der Waals surface area contributed by atoms with Crippen LogP contribution in [0.5, 0.6) is 0 Å². The highest BCUT2D eigenvalue weighted by molar-refractivity contribution is 7.17. The zero-order chi connectivity index (χ0) is 28.2. The smallest absolute Gasteiger partial charge is 0.267 e. The van der Waals surface area contributed by atoms with Crippen LogP contribution in [0, 0.1) is 5.41 Å². The molecular weight excluding hydrogens is 524 g/mol. The molecule has 10 heteroatoms. The molecule has 0 saturated heterocycles. The minimum absolute atomic E-state index is 0.00792. The number of anilines is 1. The van der Waals surface area contributed by atoms with Gasteiger partial charge in [-0.05, 0) is 55.9 Å². The maximum absolute atomic E-state index is 13.7. The van der Waals surface area contributed by atoms with Crippen LogP contribution in [0.15, 0.2) is 35.3 Å². The Labute approximate surface area is 236 Å². The van der Waals surface area contributed by atoms with Gasteiger partial charge in [0, 0.05) is 24.7 Å². The van der Waals surface area contributed by atoms with E-state index in [-0.39, 0.29) is 27.9 Å². The molecule has 0 spiro atoms. The third-order valence-electron chi connectivity index (χ3n) is 7.65. The maximum atomic E-state index is 13.7. The van der Waals surface area contributed by atoms with Crippen molar-refractivity contribution in [2.24, 2.45) is 0 Å². The summed E-state index contributed by atoms with van der Waals surface area (Å²) in [6.45, 7) is 2.66. The van der Waals surface area contributed by atoms with Gasteiger partial charge in [0.25, 0.3) is 17.4 Å². The Kier molecular flexibility index (Phi) is 8.44. The molecule has 40 heavy (non-hydrogen) atoms. The van der Waals surface area contributed by atoms with Gasteiger partial charge in [0.15, 0.2) is 0 Å². The van der Waals surface area contributed by atoms with Gasteiger partial charge in [-0.2, -0.15) is 0 Å². The molecule has 0 radical (unpaired) electrons. The largest absolute Gasteiger partial charge is 0.355 e. The zero-order valence-electron chi connectivity index (χ0n) is 23.1. The molecular formula is C30H36N6O3S. The first kappa shape index (κ1) is 27.8. The van der Waals surface area contributed by atoms with E-state index in [0.29, 0.717) is 28.4 Å². The quantitative estimate of drug-likeness (QED) is 0.186. The van der Waals surface area contributed by atoms with Crippen molar-refractivity contribution in [2.75, 3.05) is 12.4 Å². The molecule has 1 aliphatic carbocycles. The van der Waals surface area contributed by atoms with E-state index in [1.807, 2.05) is 6.07 Å². The lowest BCUT2D eigenvalue weighted by atomic mass is 9.95. The number of hydrogen-bond acceptors (Lipinski definition) is 6. The molecule has 4 heterocycles. The third-order valence-corrected chi connectivity index (χ3v) is 8.86. The van der Waals surface area contributed by atoms with Gasteiger partial charge in [-0.25, -0.2) is 4.98 Å². The molecule has 1 aliphatic rings. The summed E-state index contributed by atoms with van der Waals surface area (Å²) in [5.74, 6) is -0.740. The number of rotatable bonds is 10. The standard InChI is InChI=1S/C30H36N6O3S/c1-3-4-5-6-7-11-17-36-25(31)20(18-21-26(36)33-23-15-10-12-16-35(23)30(21)39)27(37)34-29-24(28(38)32-2)19-13-8-9-14-22(19)40-29/h10,12,15-16,18,31H,3-9,11,13-14,17H2,1-2H3,(H,32,38)(H,34,37). The fourth-order valence-electron chi connectivity index (χ4n) is 5.52. The molecule has 0 fully saturated rings. The van der Waals surface area contributed by atoms with E-state index in [2.05, 4.69) is 17.6 Å². The van der Waals surface area contributed by atoms with Crippen molar-refractivity contribution in [3.63, 3.8) is 0 Å². The van der Waals surface area contributed by atoms with Crippen LogP contribution in [-0.2, 0) is 19.4 Å². The Hall–Kier alpha value is -3.79. The number of unbranched alkanes of at least 4 members (excludes halogenated alkanes) is 5. The summed E-state index contributed by atoms with van der Waals surface area (Å²) < 4.78 is 3.15. The number of aryl methyl sites for hydroxylation is 2. The van der Waals surface area contributed by atoms with Crippen LogP contribution in [0.3, 0.4) is 0 Å². The van der Waals surface area contributed by atoms with Crippen molar-refractivity contribution >= 4 is 44.8 Å². The number of hydrogen-bond donors (Lipinski definition) is 3. The Morgan fingerprint density at radius 3 is 2.65 bits per heavy atom. The van der Waals surface area contributed by atoms with E-state index in [1.165, 1.54) is 41.1 Å². The highest BCUT2D eigenvalue weighted by Gasteiger charge is 2.27. The number of fused-ring (bicyclic) bond motifs is 3. The Morgan fingerprint density at radius 1 is 1.07 bits per heavy atom. The van der Waals surface area contributed by atoms with E-state index >= 15 is 0 Å². The molecule has 4 aromatic heterocycles. The number of nitrogens with one attached hydrogen (secondary N) is 3. The van der Waals surface area contributed by atoms with Crippen LogP contribution < -0.4 is 21.7 Å². The number of carbonyl (C=O) groups excluding carboxylic acids is 2. The molecule has 210 valence electrons. The SMILES string of the molecule is CCCCCCCCn1c(=N)c(C(=O)Nc2sc3c(c2C(=O)NC)CCCC3)cc2c(=O)n3ccccc3nc21. The van der Waals surface area contributed by atoms with Crippen molar-refractivity contribution in [3.05, 3.63) is 67.9 Å². The monoisotopic (exact) mass is 560 g/mol. The van der Waals surface area contributed by atoms with Crippen molar-refractivity contribution in [1.82, 2.24) is 19.3 Å². The second-order valence-electron chi connectivity index (χ2n) is 10.4. The average Bonchev–Trinajstić information content (AvgIpc) is 3.33. The van der Waals surface area contributed by atoms with E-state index < -0.39 is 5.91 Å². The summed E-state index contributed by atoms with van der Waals surface area (Å²) in [6, 6.07) is 6.82. The van der Waals surface area contributed by atoms with Gasteiger partial charge < -0.3 is 15.2 Å². The van der Waals surface area contributed by atoms with Crippen LogP contribution in [0.4, 0.5) is 5.00 Å². The molecule has 0 atom stereocenters. The van der Waals surface area contributed by atoms with Crippen LogP contribution >= 0.6 is 11.3 Å². The van der Waals surface area contributed by atoms with Gasteiger partial charge in [-0.1, -0.05) is 45.1 Å². The first-order chi connectivity index (χ1) is 19.4. The average molecular weight is 561 g/mol. The van der Waals surface area contributed by atoms with Gasteiger partial charge in [-0.15, -0.1) is 11.3 Å². The molecule has 0 saturated carbocycles. The number of thiophene rings is 1. The fraction of sp³-hybridized carbons (Fsp3) is 0.433. The predicted octanol–water partition coefficient (Wildman–Crippen LogP) is 5.04. The summed E-state index contributed by atoms with van der Waals surface area (Å²) in [5, 5.41) is 15.4. The minimum atomic E-state index is -0.509.